The molecule has 9 rings (SSSR count). The van der Waals surface area contributed by atoms with Crippen LogP contribution in [0.3, 0.4) is 0 Å². The molecule has 9 amide bonds. The lowest BCUT2D eigenvalue weighted by Crippen LogP contribution is -2.39. The zero-order valence-electron chi connectivity index (χ0n) is 50.9. The number of rotatable bonds is 25. The second-order valence-corrected chi connectivity index (χ2v) is 21.0. The fraction of sp³-hybridized carbons (Fsp3) is 0.241. The van der Waals surface area contributed by atoms with Crippen molar-refractivity contribution in [1.29, 1.82) is 0 Å². The van der Waals surface area contributed by atoms with Crippen LogP contribution < -0.4 is 53.6 Å². The smallest absolute Gasteiger partial charge is 0.292 e. The summed E-state index contributed by atoms with van der Waals surface area (Å²) in [5.74, 6) is -5.43. The molecule has 0 radical (unpaired) electrons. The van der Waals surface area contributed by atoms with Crippen molar-refractivity contribution in [3.63, 3.8) is 0 Å². The number of hydrogen-bond acceptors (Lipinski definition) is 16. The van der Waals surface area contributed by atoms with E-state index in [9.17, 15) is 47.5 Å². The number of nitrogens with two attached hydrogens (primary N) is 1. The fourth-order valence-electron chi connectivity index (χ4n) is 9.29. The van der Waals surface area contributed by atoms with Gasteiger partial charge >= 0.3 is 0 Å². The average molecular weight is 1260 g/mol. The number of amides is 9. The van der Waals surface area contributed by atoms with Crippen LogP contribution in [0.1, 0.15) is 103 Å². The van der Waals surface area contributed by atoms with Gasteiger partial charge in [-0.05, 0) is 48.4 Å². The average Bonchev–Trinajstić information content (AvgIpc) is 1.83. The molecule has 0 saturated carbocycles. The molecular formula is C58H64FN23O10. The Morgan fingerprint density at radius 3 is 1.40 bits per heavy atom. The van der Waals surface area contributed by atoms with E-state index in [1.54, 1.807) is 84.6 Å². The van der Waals surface area contributed by atoms with E-state index in [-0.39, 0.29) is 113 Å². The van der Waals surface area contributed by atoms with Gasteiger partial charge < -0.3 is 95.0 Å². The summed E-state index contributed by atoms with van der Waals surface area (Å²) in [5, 5.41) is 28.0. The Bertz CT molecular complexity index is 4360. The molecule has 8 aromatic heterocycles. The molecule has 0 unspecified atom stereocenters. The van der Waals surface area contributed by atoms with Gasteiger partial charge in [0, 0.05) is 132 Å². The normalized spacial score (nSPS) is 11.5. The van der Waals surface area contributed by atoms with Crippen LogP contribution in [0.15, 0.2) is 109 Å². The van der Waals surface area contributed by atoms with Gasteiger partial charge in [-0.15, -0.1) is 0 Å². The highest BCUT2D eigenvalue weighted by Gasteiger charge is 2.25. The van der Waals surface area contributed by atoms with Crippen LogP contribution in [0.25, 0.3) is 0 Å². The molecule has 0 aliphatic heterocycles. The second kappa shape index (κ2) is 27.9. The van der Waals surface area contributed by atoms with E-state index in [0.717, 1.165) is 0 Å². The number of imidazole rings is 4. The fourth-order valence-corrected chi connectivity index (χ4v) is 9.29. The Labute approximate surface area is 522 Å². The molecule has 8 heterocycles. The van der Waals surface area contributed by atoms with Gasteiger partial charge in [-0.3, -0.25) is 43.2 Å². The first-order valence-corrected chi connectivity index (χ1v) is 28.0. The first-order valence-electron chi connectivity index (χ1n) is 28.0. The Kier molecular flexibility index (Phi) is 19.5. The summed E-state index contributed by atoms with van der Waals surface area (Å²) in [6, 6.07) is 10.6. The van der Waals surface area contributed by atoms with Crippen LogP contribution in [0.5, 0.6) is 0 Å². The SMILES string of the molecule is Cn1cc(NC(=O)c2cc(NC(=O)c3cc(NC(=O)c4nc(NC(=O)[C@H](N)CCNC(=O)c5nc(NC(=O)c6cc(NC(=O)c7nc(NC(=O)c8nccn8C)cn7C)cn6C)cn5C)cn4C)cn3C)cn2C)cc1C(=O)NCCCO/N=C\c1cccc(F)c1. The van der Waals surface area contributed by atoms with Gasteiger partial charge in [0.2, 0.25) is 23.4 Å². The zero-order valence-corrected chi connectivity index (χ0v) is 50.9. The van der Waals surface area contributed by atoms with Crippen molar-refractivity contribution in [1.82, 2.24) is 67.1 Å². The van der Waals surface area contributed by atoms with Gasteiger partial charge in [-0.25, -0.2) is 24.3 Å². The van der Waals surface area contributed by atoms with Crippen molar-refractivity contribution in [3.05, 3.63) is 162 Å². The van der Waals surface area contributed by atoms with Gasteiger partial charge in [0.15, 0.2) is 23.3 Å². The van der Waals surface area contributed by atoms with Crippen LogP contribution >= 0.6 is 0 Å². The minimum absolute atomic E-state index is 0.00713. The molecule has 34 heteroatoms. The molecule has 0 fully saturated rings. The van der Waals surface area contributed by atoms with E-state index in [1.807, 2.05) is 0 Å². The van der Waals surface area contributed by atoms with Gasteiger partial charge in [0.25, 0.3) is 47.3 Å². The molecule has 0 aliphatic carbocycles. The highest BCUT2D eigenvalue weighted by molar-refractivity contribution is 6.10. The lowest BCUT2D eigenvalue weighted by atomic mass is 10.2. The van der Waals surface area contributed by atoms with Crippen molar-refractivity contribution in [3.8, 4) is 0 Å². The summed E-state index contributed by atoms with van der Waals surface area (Å²) in [5.41, 5.74) is 8.62. The van der Waals surface area contributed by atoms with Gasteiger partial charge in [-0.2, -0.15) is 0 Å². The molecule has 0 bridgehead atoms. The van der Waals surface area contributed by atoms with Crippen LogP contribution in [-0.4, -0.2) is 142 Å². The number of carbonyl (C=O) groups excluding carboxylic acids is 9. The summed E-state index contributed by atoms with van der Waals surface area (Å²) in [6.07, 6.45) is 15.3. The van der Waals surface area contributed by atoms with Crippen LogP contribution in [0, 0.1) is 5.82 Å². The van der Waals surface area contributed by atoms with E-state index in [0.29, 0.717) is 23.4 Å². The molecule has 1 aromatic carbocycles. The molecule has 0 spiro atoms. The third kappa shape index (κ3) is 15.5. The number of aromatic nitrogens is 12. The highest BCUT2D eigenvalue weighted by atomic mass is 19.1. The van der Waals surface area contributed by atoms with E-state index in [4.69, 9.17) is 10.6 Å². The largest absolute Gasteiger partial charge is 0.396 e. The molecule has 33 nitrogen and oxygen atoms in total. The number of oxime groups is 1. The van der Waals surface area contributed by atoms with Crippen molar-refractivity contribution in [2.24, 2.45) is 67.3 Å². The molecule has 92 heavy (non-hydrogen) atoms. The number of anilines is 7. The topological polar surface area (TPSA) is 401 Å². The lowest BCUT2D eigenvalue weighted by Gasteiger charge is -2.11. The summed E-state index contributed by atoms with van der Waals surface area (Å²) >= 11 is 0. The van der Waals surface area contributed by atoms with Gasteiger partial charge in [0.1, 0.15) is 35.2 Å². The summed E-state index contributed by atoms with van der Waals surface area (Å²) < 4.78 is 25.1. The maximum Gasteiger partial charge on any atom is 0.292 e. The standard InChI is InChI=1S/C58H64FN23O10/c1-75-17-16-61-46(75)56(89)74-45-31-82(8)49(71-45)58(91)68-37-23-42(79(5)28-37)54(87)73-44-30-80(6)47(69-44)55(88)63-15-13-38(60)50(83)72-43-29-81(7)48(70-43)57(90)67-36-22-41(78(4)27-36)53(86)66-35-21-40(77(3)26-35)52(85)65-34-20-39(76(2)25-34)51(84)62-14-10-18-92-64-24-32-11-9-12-33(59)19-32/h9,11-12,16-17,19-31,38H,10,13-15,18,60H2,1-8H3,(H,62,84)(H,63,88)(H,65,85)(H,66,86)(H,67,90)(H,68,91)(H,72,83)(H,73,87)(H,74,89)/b64-24-/t38-/m1/s1. The lowest BCUT2D eigenvalue weighted by molar-refractivity contribution is -0.117. The summed E-state index contributed by atoms with van der Waals surface area (Å²) in [6.45, 7) is 0.423. The molecule has 478 valence electrons. The van der Waals surface area contributed by atoms with Crippen LogP contribution in [0.2, 0.25) is 0 Å². The Morgan fingerprint density at radius 2 is 0.924 bits per heavy atom. The molecule has 0 saturated heterocycles. The maximum absolute atomic E-state index is 13.5. The van der Waals surface area contributed by atoms with E-state index in [1.165, 1.54) is 119 Å². The highest BCUT2D eigenvalue weighted by Crippen LogP contribution is 2.22. The molecule has 9 aromatic rings. The summed E-state index contributed by atoms with van der Waals surface area (Å²) in [4.78, 5) is 141. The maximum atomic E-state index is 13.5. The van der Waals surface area contributed by atoms with E-state index < -0.39 is 53.3 Å². The Balaban J connectivity index is 0.691. The third-order valence-corrected chi connectivity index (χ3v) is 13.9. The molecule has 11 N–H and O–H groups in total. The second-order valence-electron chi connectivity index (χ2n) is 21.0. The van der Waals surface area contributed by atoms with Crippen molar-refractivity contribution in [2.45, 2.75) is 18.9 Å². The number of nitrogens with one attached hydrogen (secondary N) is 9. The Morgan fingerprint density at radius 1 is 0.500 bits per heavy atom. The Hall–Kier alpha value is -12.2. The molecule has 0 aliphatic rings. The number of benzene rings is 1. The van der Waals surface area contributed by atoms with Crippen LogP contribution in [0.4, 0.5) is 44.6 Å². The predicted molar refractivity (Wildman–Crippen MR) is 333 cm³/mol. The first kappa shape index (κ1) is 64.2. The number of carbonyl (C=O) groups is 9. The van der Waals surface area contributed by atoms with Crippen LogP contribution in [-0.2, 0) is 66.0 Å². The number of aryl methyl sites for hydroxylation is 8. The summed E-state index contributed by atoms with van der Waals surface area (Å²) in [7, 11) is 12.8. The third-order valence-electron chi connectivity index (χ3n) is 13.9. The van der Waals surface area contributed by atoms with E-state index in [2.05, 4.69) is 72.9 Å². The van der Waals surface area contributed by atoms with Gasteiger partial charge in [0.05, 0.1) is 35.0 Å². The van der Waals surface area contributed by atoms with Crippen molar-refractivity contribution < 1.29 is 52.4 Å². The van der Waals surface area contributed by atoms with Crippen molar-refractivity contribution in [2.75, 3.05) is 56.9 Å². The molecular weight excluding hydrogens is 1200 g/mol. The zero-order chi connectivity index (χ0) is 66.1. The van der Waals surface area contributed by atoms with Crippen molar-refractivity contribution >= 4 is 99.6 Å². The minimum atomic E-state index is -1.14. The van der Waals surface area contributed by atoms with E-state index >= 15 is 0 Å². The molecule has 1 atom stereocenters. The van der Waals surface area contributed by atoms with Gasteiger partial charge in [-0.1, -0.05) is 17.3 Å². The quantitative estimate of drug-likeness (QED) is 0.0223. The number of hydrogen-bond donors (Lipinski definition) is 10. The number of halogens is 1. The number of nitrogens with zero attached hydrogens (tertiary/aromatic N) is 13. The predicted octanol–water partition coefficient (Wildman–Crippen LogP) is 2.88. The monoisotopic (exact) mass is 1260 g/mol. The first-order chi connectivity index (χ1) is 43.9. The minimum Gasteiger partial charge on any atom is -0.396 e.